The van der Waals surface area contributed by atoms with E-state index in [0.29, 0.717) is 0 Å². The maximum atomic E-state index is 5.84. The van der Waals surface area contributed by atoms with Crippen LogP contribution >= 0.6 is 11.6 Å². The molecule has 0 nitrogen and oxygen atoms in total. The van der Waals surface area contributed by atoms with Crippen LogP contribution < -0.4 is 0 Å². The summed E-state index contributed by atoms with van der Waals surface area (Å²) in [5.41, 5.74) is 0. The standard InChI is InChI=1S/C9H13Cl/c10-6-9-5-7-1-3-8(9)4-2-7/h1,3,7-9H,2,4-6H2. The Morgan fingerprint density at radius 1 is 1.30 bits per heavy atom. The van der Waals surface area contributed by atoms with E-state index in [1.54, 1.807) is 0 Å². The molecule has 0 N–H and O–H groups in total. The molecule has 0 aliphatic heterocycles. The van der Waals surface area contributed by atoms with Gasteiger partial charge in [0, 0.05) is 5.88 Å². The van der Waals surface area contributed by atoms with E-state index < -0.39 is 0 Å². The average Bonchev–Trinajstić information content (AvgIpc) is 2.06. The van der Waals surface area contributed by atoms with Crippen molar-refractivity contribution in [1.29, 1.82) is 0 Å². The molecular weight excluding hydrogens is 144 g/mol. The van der Waals surface area contributed by atoms with Crippen LogP contribution in [0.5, 0.6) is 0 Å². The fourth-order valence-corrected chi connectivity index (χ4v) is 2.58. The first-order valence-corrected chi connectivity index (χ1v) is 4.68. The van der Waals surface area contributed by atoms with Crippen molar-refractivity contribution in [2.24, 2.45) is 17.8 Å². The van der Waals surface area contributed by atoms with Crippen molar-refractivity contribution in [1.82, 2.24) is 0 Å². The van der Waals surface area contributed by atoms with Gasteiger partial charge in [-0.2, -0.15) is 0 Å². The van der Waals surface area contributed by atoms with Gasteiger partial charge in [0.2, 0.25) is 0 Å². The van der Waals surface area contributed by atoms with Crippen molar-refractivity contribution in [3.63, 3.8) is 0 Å². The second kappa shape index (κ2) is 2.58. The molecule has 0 heterocycles. The molecule has 3 rings (SSSR count). The fraction of sp³-hybridized carbons (Fsp3) is 0.778. The molecule has 10 heavy (non-hydrogen) atoms. The molecule has 0 aromatic rings. The monoisotopic (exact) mass is 156 g/mol. The van der Waals surface area contributed by atoms with E-state index in [2.05, 4.69) is 12.2 Å². The van der Waals surface area contributed by atoms with E-state index in [4.69, 9.17) is 11.6 Å². The number of hydrogen-bond acceptors (Lipinski definition) is 0. The van der Waals surface area contributed by atoms with Crippen LogP contribution in [0.4, 0.5) is 0 Å². The number of rotatable bonds is 1. The molecule has 0 aromatic heterocycles. The minimum atomic E-state index is 0.797. The van der Waals surface area contributed by atoms with Gasteiger partial charge >= 0.3 is 0 Å². The SMILES string of the molecule is ClCC1CC2C=CC1CC2. The van der Waals surface area contributed by atoms with E-state index in [-0.39, 0.29) is 0 Å². The Labute approximate surface area is 67.3 Å². The van der Waals surface area contributed by atoms with Gasteiger partial charge in [0.05, 0.1) is 0 Å². The third-order valence-corrected chi connectivity index (χ3v) is 3.31. The Bertz CT molecular complexity index is 151. The third-order valence-electron chi connectivity index (χ3n) is 2.91. The van der Waals surface area contributed by atoms with Gasteiger partial charge in [-0.15, -0.1) is 11.6 Å². The van der Waals surface area contributed by atoms with Crippen LogP contribution in [0.25, 0.3) is 0 Å². The third kappa shape index (κ3) is 0.989. The first kappa shape index (κ1) is 6.72. The van der Waals surface area contributed by atoms with Crippen molar-refractivity contribution in [2.75, 3.05) is 5.88 Å². The van der Waals surface area contributed by atoms with Crippen LogP contribution in [-0.2, 0) is 0 Å². The highest BCUT2D eigenvalue weighted by Crippen LogP contribution is 2.40. The summed E-state index contributed by atoms with van der Waals surface area (Å²) in [6.07, 6.45) is 8.92. The quantitative estimate of drug-likeness (QED) is 0.405. The Morgan fingerprint density at radius 3 is 2.50 bits per heavy atom. The number of alkyl halides is 1. The maximum Gasteiger partial charge on any atom is 0.0257 e. The predicted octanol–water partition coefficient (Wildman–Crippen LogP) is 2.83. The molecule has 0 radical (unpaired) electrons. The minimum Gasteiger partial charge on any atom is -0.126 e. The van der Waals surface area contributed by atoms with Crippen LogP contribution in [0.2, 0.25) is 0 Å². The van der Waals surface area contributed by atoms with Crippen LogP contribution in [0, 0.1) is 17.8 Å². The van der Waals surface area contributed by atoms with Crippen molar-refractivity contribution in [3.8, 4) is 0 Å². The summed E-state index contributed by atoms with van der Waals surface area (Å²) in [5, 5.41) is 0. The Kier molecular flexibility index (Phi) is 1.73. The predicted molar refractivity (Wildman–Crippen MR) is 44.2 cm³/mol. The highest BCUT2D eigenvalue weighted by Gasteiger charge is 2.30. The normalized spacial score (nSPS) is 44.3. The van der Waals surface area contributed by atoms with Gasteiger partial charge in [-0.1, -0.05) is 12.2 Å². The molecule has 3 atom stereocenters. The lowest BCUT2D eigenvalue weighted by Gasteiger charge is -2.36. The Balaban J connectivity index is 2.11. The summed E-state index contributed by atoms with van der Waals surface area (Å²) in [7, 11) is 0. The first-order valence-electron chi connectivity index (χ1n) is 4.14. The molecule has 3 aliphatic carbocycles. The highest BCUT2D eigenvalue weighted by molar-refractivity contribution is 6.18. The van der Waals surface area contributed by atoms with E-state index in [9.17, 15) is 0 Å². The largest absolute Gasteiger partial charge is 0.126 e. The van der Waals surface area contributed by atoms with Gasteiger partial charge in [-0.25, -0.2) is 0 Å². The van der Waals surface area contributed by atoms with Gasteiger partial charge in [0.15, 0.2) is 0 Å². The number of fused-ring (bicyclic) bond motifs is 2. The van der Waals surface area contributed by atoms with Crippen molar-refractivity contribution in [2.45, 2.75) is 19.3 Å². The number of allylic oxidation sites excluding steroid dienone is 2. The van der Waals surface area contributed by atoms with E-state index >= 15 is 0 Å². The minimum absolute atomic E-state index is 0.797. The summed E-state index contributed by atoms with van der Waals surface area (Å²) >= 11 is 5.84. The second-order valence-electron chi connectivity index (χ2n) is 3.54. The number of hydrogen-bond donors (Lipinski definition) is 0. The molecule has 1 saturated carbocycles. The zero-order chi connectivity index (χ0) is 6.97. The topological polar surface area (TPSA) is 0 Å². The van der Waals surface area contributed by atoms with E-state index in [1.807, 2.05) is 0 Å². The summed E-state index contributed by atoms with van der Waals surface area (Å²) in [5.74, 6) is 3.35. The second-order valence-corrected chi connectivity index (χ2v) is 3.84. The molecule has 56 valence electrons. The highest BCUT2D eigenvalue weighted by atomic mass is 35.5. The number of halogens is 1. The van der Waals surface area contributed by atoms with Crippen LogP contribution in [-0.4, -0.2) is 5.88 Å². The molecule has 0 saturated heterocycles. The zero-order valence-corrected chi connectivity index (χ0v) is 6.85. The lowest BCUT2D eigenvalue weighted by molar-refractivity contribution is 0.241. The Morgan fingerprint density at radius 2 is 2.20 bits per heavy atom. The smallest absolute Gasteiger partial charge is 0.0257 e. The zero-order valence-electron chi connectivity index (χ0n) is 6.09. The maximum absolute atomic E-state index is 5.84. The fourth-order valence-electron chi connectivity index (χ4n) is 2.23. The lowest BCUT2D eigenvalue weighted by Crippen LogP contribution is -2.27. The van der Waals surface area contributed by atoms with Crippen molar-refractivity contribution >= 4 is 11.6 Å². The van der Waals surface area contributed by atoms with Crippen molar-refractivity contribution in [3.05, 3.63) is 12.2 Å². The average molecular weight is 157 g/mol. The molecule has 0 aromatic carbocycles. The van der Waals surface area contributed by atoms with E-state index in [0.717, 1.165) is 23.6 Å². The molecule has 1 heteroatoms. The van der Waals surface area contributed by atoms with Gasteiger partial charge < -0.3 is 0 Å². The molecule has 3 aliphatic rings. The van der Waals surface area contributed by atoms with Crippen LogP contribution in [0.15, 0.2) is 12.2 Å². The van der Waals surface area contributed by atoms with Gasteiger partial charge in [0.25, 0.3) is 0 Å². The summed E-state index contributed by atoms with van der Waals surface area (Å²) < 4.78 is 0. The lowest BCUT2D eigenvalue weighted by atomic mass is 9.70. The van der Waals surface area contributed by atoms with Crippen molar-refractivity contribution < 1.29 is 0 Å². The molecule has 2 bridgehead atoms. The summed E-state index contributed by atoms with van der Waals surface area (Å²) in [4.78, 5) is 0. The molecule has 1 fully saturated rings. The van der Waals surface area contributed by atoms with Gasteiger partial charge in [-0.3, -0.25) is 0 Å². The molecule has 0 amide bonds. The molecular formula is C9H13Cl. The first-order chi connectivity index (χ1) is 4.90. The van der Waals surface area contributed by atoms with Crippen LogP contribution in [0.1, 0.15) is 19.3 Å². The van der Waals surface area contributed by atoms with Gasteiger partial charge in [-0.05, 0) is 37.0 Å². The summed E-state index contributed by atoms with van der Waals surface area (Å²) in [6, 6.07) is 0. The molecule has 0 spiro atoms. The van der Waals surface area contributed by atoms with E-state index in [1.165, 1.54) is 19.3 Å². The van der Waals surface area contributed by atoms with Crippen LogP contribution in [0.3, 0.4) is 0 Å². The van der Waals surface area contributed by atoms with Gasteiger partial charge in [0.1, 0.15) is 0 Å². The molecule has 3 unspecified atom stereocenters. The summed E-state index contributed by atoms with van der Waals surface area (Å²) in [6.45, 7) is 0. The Hall–Kier alpha value is 0.0300.